The molecule has 2 aliphatic carbocycles. The largest absolute Gasteiger partial charge is 0.390 e. The number of rotatable bonds is 3. The Hall–Kier alpha value is -1.50. The average Bonchev–Trinajstić information content (AvgIpc) is 3.03. The normalized spacial score (nSPS) is 34.3. The van der Waals surface area contributed by atoms with E-state index in [9.17, 15) is 14.7 Å². The molecule has 2 aliphatic rings. The van der Waals surface area contributed by atoms with Gasteiger partial charge in [0.25, 0.3) is 0 Å². The van der Waals surface area contributed by atoms with E-state index in [4.69, 9.17) is 0 Å². The van der Waals surface area contributed by atoms with Gasteiger partial charge in [-0.1, -0.05) is 45.4 Å². The van der Waals surface area contributed by atoms with Crippen LogP contribution in [0, 0.1) is 23.7 Å². The predicted octanol–water partition coefficient (Wildman–Crippen LogP) is 3.49. The van der Waals surface area contributed by atoms with Crippen molar-refractivity contribution < 1.29 is 9.90 Å². The standard InChI is InChI=1S/C23H40N4O3/c1-17-12-13-19(21(28)16-27-22(29)26(3)24-25-27)9-6-8-18-10-7-15-23(2,30)14-5-4-11-20(17)18/h17-20,30H,4-16H2,1-3H3/t17?,18-,19-,20+,23+/m1/s1. The monoisotopic (exact) mass is 420 g/mol. The van der Waals surface area contributed by atoms with E-state index in [2.05, 4.69) is 17.4 Å². The summed E-state index contributed by atoms with van der Waals surface area (Å²) in [5, 5.41) is 18.1. The molecule has 7 heteroatoms. The molecule has 2 saturated carbocycles. The lowest BCUT2D eigenvalue weighted by molar-refractivity contribution is -0.124. The van der Waals surface area contributed by atoms with Crippen molar-refractivity contribution in [2.75, 3.05) is 0 Å². The van der Waals surface area contributed by atoms with Crippen molar-refractivity contribution in [3.05, 3.63) is 10.5 Å². The second-order valence-corrected chi connectivity index (χ2v) is 10.3. The summed E-state index contributed by atoms with van der Waals surface area (Å²) in [5.41, 5.74) is -0.839. The van der Waals surface area contributed by atoms with E-state index in [1.807, 2.05) is 6.92 Å². The summed E-state index contributed by atoms with van der Waals surface area (Å²) in [7, 11) is 1.55. The molecule has 7 nitrogen and oxygen atoms in total. The molecule has 1 unspecified atom stereocenters. The molecule has 0 radical (unpaired) electrons. The number of aryl methyl sites for hydroxylation is 1. The van der Waals surface area contributed by atoms with Gasteiger partial charge in [0.2, 0.25) is 0 Å². The zero-order valence-electron chi connectivity index (χ0n) is 19.1. The van der Waals surface area contributed by atoms with Crippen molar-refractivity contribution >= 4 is 5.78 Å². The van der Waals surface area contributed by atoms with Gasteiger partial charge in [-0.2, -0.15) is 9.36 Å². The molecule has 1 aromatic heterocycles. The molecule has 0 aromatic carbocycles. The number of ketones is 1. The van der Waals surface area contributed by atoms with Gasteiger partial charge in [0, 0.05) is 13.0 Å². The van der Waals surface area contributed by atoms with Crippen LogP contribution in [0.4, 0.5) is 0 Å². The molecule has 1 aromatic rings. The van der Waals surface area contributed by atoms with E-state index in [0.717, 1.165) is 62.0 Å². The zero-order valence-corrected chi connectivity index (χ0v) is 19.1. The molecule has 5 atom stereocenters. The topological polar surface area (TPSA) is 90.0 Å². The summed E-state index contributed by atoms with van der Waals surface area (Å²) in [6.07, 6.45) is 12.8. The molecule has 1 N–H and O–H groups in total. The maximum absolute atomic E-state index is 12.9. The first-order valence-electron chi connectivity index (χ1n) is 12.0. The van der Waals surface area contributed by atoms with E-state index < -0.39 is 5.60 Å². The summed E-state index contributed by atoms with van der Waals surface area (Å²) in [6, 6.07) is 0. The lowest BCUT2D eigenvalue weighted by Gasteiger charge is -2.34. The highest BCUT2D eigenvalue weighted by atomic mass is 16.3. The minimum atomic E-state index is -0.507. The van der Waals surface area contributed by atoms with Gasteiger partial charge in [-0.15, -0.1) is 0 Å². The smallest absolute Gasteiger partial charge is 0.363 e. The first kappa shape index (κ1) is 23.2. The van der Waals surface area contributed by atoms with E-state index in [1.54, 1.807) is 7.05 Å². The van der Waals surface area contributed by atoms with E-state index in [1.165, 1.54) is 30.4 Å². The highest BCUT2D eigenvalue weighted by molar-refractivity contribution is 5.80. The number of hydrogen-bond acceptors (Lipinski definition) is 5. The summed E-state index contributed by atoms with van der Waals surface area (Å²) in [4.78, 5) is 24.9. The fourth-order valence-corrected chi connectivity index (χ4v) is 5.81. The number of aromatic nitrogens is 4. The predicted molar refractivity (Wildman–Crippen MR) is 116 cm³/mol. The van der Waals surface area contributed by atoms with Gasteiger partial charge in [-0.3, -0.25) is 4.79 Å². The van der Waals surface area contributed by atoms with Crippen molar-refractivity contribution in [3.63, 3.8) is 0 Å². The first-order chi connectivity index (χ1) is 14.3. The summed E-state index contributed by atoms with van der Waals surface area (Å²) >= 11 is 0. The molecular formula is C23H40N4O3. The van der Waals surface area contributed by atoms with E-state index in [0.29, 0.717) is 11.8 Å². The lowest BCUT2D eigenvalue weighted by Crippen LogP contribution is -2.29. The molecule has 0 saturated heterocycles. The molecule has 30 heavy (non-hydrogen) atoms. The number of tetrazole rings is 1. The summed E-state index contributed by atoms with van der Waals surface area (Å²) < 4.78 is 2.35. The molecule has 0 aliphatic heterocycles. The number of fused-ring (bicyclic) bond motifs is 1. The van der Waals surface area contributed by atoms with E-state index >= 15 is 0 Å². The Labute approximate surface area is 180 Å². The Kier molecular flexibility index (Phi) is 7.88. The third kappa shape index (κ3) is 6.02. The zero-order chi connectivity index (χ0) is 21.7. The number of carbonyl (C=O) groups excluding carboxylic acids is 1. The Bertz CT molecular complexity index is 754. The average molecular weight is 421 g/mol. The highest BCUT2D eigenvalue weighted by Crippen LogP contribution is 2.40. The number of carbonyl (C=O) groups is 1. The number of aliphatic hydroxyl groups is 1. The number of hydrogen-bond donors (Lipinski definition) is 1. The van der Waals surface area contributed by atoms with Crippen molar-refractivity contribution in [3.8, 4) is 0 Å². The van der Waals surface area contributed by atoms with Gasteiger partial charge >= 0.3 is 5.69 Å². The van der Waals surface area contributed by atoms with Crippen molar-refractivity contribution in [2.24, 2.45) is 30.7 Å². The van der Waals surface area contributed by atoms with Gasteiger partial charge in [0.05, 0.1) is 5.60 Å². The Morgan fingerprint density at radius 1 is 1.03 bits per heavy atom. The van der Waals surface area contributed by atoms with Crippen LogP contribution in [-0.4, -0.2) is 36.3 Å². The molecule has 0 bridgehead atoms. The van der Waals surface area contributed by atoms with Crippen LogP contribution in [0.1, 0.15) is 90.9 Å². The quantitative estimate of drug-likeness (QED) is 0.808. The maximum atomic E-state index is 12.9. The Morgan fingerprint density at radius 2 is 1.77 bits per heavy atom. The van der Waals surface area contributed by atoms with Crippen LogP contribution in [0.15, 0.2) is 4.79 Å². The van der Waals surface area contributed by atoms with Crippen LogP contribution in [0.25, 0.3) is 0 Å². The number of nitrogens with zero attached hydrogens (tertiary/aromatic N) is 4. The molecule has 170 valence electrons. The fraction of sp³-hybridized carbons (Fsp3) is 0.913. The molecule has 1 heterocycles. The van der Waals surface area contributed by atoms with Crippen LogP contribution >= 0.6 is 0 Å². The summed E-state index contributed by atoms with van der Waals surface area (Å²) in [5.74, 6) is 2.17. The van der Waals surface area contributed by atoms with Gasteiger partial charge < -0.3 is 5.11 Å². The van der Waals surface area contributed by atoms with Gasteiger partial charge in [0.15, 0.2) is 5.78 Å². The Morgan fingerprint density at radius 3 is 2.50 bits per heavy atom. The van der Waals surface area contributed by atoms with Crippen LogP contribution in [0.2, 0.25) is 0 Å². The van der Waals surface area contributed by atoms with Crippen molar-refractivity contribution in [1.82, 2.24) is 19.8 Å². The summed E-state index contributed by atoms with van der Waals surface area (Å²) in [6.45, 7) is 4.41. The maximum Gasteiger partial charge on any atom is 0.363 e. The Balaban J connectivity index is 1.64. The lowest BCUT2D eigenvalue weighted by atomic mass is 9.72. The van der Waals surface area contributed by atoms with Gasteiger partial charge in [0.1, 0.15) is 6.54 Å². The van der Waals surface area contributed by atoms with Crippen LogP contribution < -0.4 is 5.69 Å². The molecule has 0 amide bonds. The second-order valence-electron chi connectivity index (χ2n) is 10.3. The second kappa shape index (κ2) is 10.2. The van der Waals surface area contributed by atoms with E-state index in [-0.39, 0.29) is 23.9 Å². The third-order valence-corrected chi connectivity index (χ3v) is 7.77. The van der Waals surface area contributed by atoms with Crippen molar-refractivity contribution in [2.45, 2.75) is 103 Å². The van der Waals surface area contributed by atoms with Crippen molar-refractivity contribution in [1.29, 1.82) is 0 Å². The van der Waals surface area contributed by atoms with Crippen LogP contribution in [-0.2, 0) is 18.4 Å². The minimum Gasteiger partial charge on any atom is -0.390 e. The molecular weight excluding hydrogens is 380 g/mol. The molecule has 0 spiro atoms. The fourth-order valence-electron chi connectivity index (χ4n) is 5.81. The first-order valence-corrected chi connectivity index (χ1v) is 12.0. The third-order valence-electron chi connectivity index (χ3n) is 7.77. The van der Waals surface area contributed by atoms with Gasteiger partial charge in [-0.25, -0.2) is 4.79 Å². The minimum absolute atomic E-state index is 0.0113. The van der Waals surface area contributed by atoms with Gasteiger partial charge in [-0.05, 0) is 73.6 Å². The SMILES string of the molecule is CC1CC[C@H](C(=O)Cn2nnn(C)c2=O)CCC[C@@H]2CCC[C@@](C)(O)CCCC[C@@H]12. The van der Waals surface area contributed by atoms with Crippen LogP contribution in [0.3, 0.4) is 0 Å². The van der Waals surface area contributed by atoms with Crippen LogP contribution in [0.5, 0.6) is 0 Å². The highest BCUT2D eigenvalue weighted by Gasteiger charge is 2.32. The molecule has 2 fully saturated rings. The molecule has 3 rings (SSSR count). The number of Topliss-reactive ketones (excluding diaryl/α,β-unsaturated/α-hetero) is 1.